The van der Waals surface area contributed by atoms with Crippen molar-refractivity contribution in [1.29, 1.82) is 0 Å². The van der Waals surface area contributed by atoms with Gasteiger partial charge in [0.15, 0.2) is 0 Å². The first-order valence-electron chi connectivity index (χ1n) is 8.33. The number of rotatable bonds is 9. The third kappa shape index (κ3) is 8.70. The fourth-order valence-corrected chi connectivity index (χ4v) is 2.88. The van der Waals surface area contributed by atoms with Gasteiger partial charge in [-0.1, -0.05) is 0 Å². The van der Waals surface area contributed by atoms with Crippen LogP contribution in [0, 0.1) is 0 Å². The van der Waals surface area contributed by atoms with Crippen molar-refractivity contribution in [3.63, 3.8) is 0 Å². The summed E-state index contributed by atoms with van der Waals surface area (Å²) in [4.78, 5) is 0. The molecule has 0 saturated heterocycles. The largest absolute Gasteiger partial charge is 0.327 e. The van der Waals surface area contributed by atoms with E-state index < -0.39 is 0 Å². The second-order valence-electron chi connectivity index (χ2n) is 6.95. The summed E-state index contributed by atoms with van der Waals surface area (Å²) < 4.78 is 0. The Balaban J connectivity index is 2.46. The minimum absolute atomic E-state index is 0.192. The first-order chi connectivity index (χ1) is 9.86. The standard InChI is InChI=1S/C15H36N6/c1-10(16)7-19-13-4-14(20-8-11(2)17)6-15(5-13)21-9-12(3)18/h10-15,19-21H,4-9,16-18H2,1-3H3/t10-,11-,12-,13?,14?,15?/m0/s1. The smallest absolute Gasteiger partial charge is 0.0136 e. The molecule has 1 aliphatic rings. The fourth-order valence-electron chi connectivity index (χ4n) is 2.88. The number of nitrogens with two attached hydrogens (primary N) is 3. The summed E-state index contributed by atoms with van der Waals surface area (Å²) in [5.41, 5.74) is 17.5. The summed E-state index contributed by atoms with van der Waals surface area (Å²) in [7, 11) is 0. The lowest BCUT2D eigenvalue weighted by atomic mass is 9.86. The molecule has 1 fully saturated rings. The Hall–Kier alpha value is -0.240. The minimum atomic E-state index is 0.192. The summed E-state index contributed by atoms with van der Waals surface area (Å²) in [6.07, 6.45) is 3.40. The van der Waals surface area contributed by atoms with Crippen molar-refractivity contribution >= 4 is 0 Å². The topological polar surface area (TPSA) is 114 Å². The molecule has 1 rings (SSSR count). The molecule has 21 heavy (non-hydrogen) atoms. The first kappa shape index (κ1) is 18.8. The molecule has 3 atom stereocenters. The maximum absolute atomic E-state index is 5.85. The molecule has 9 N–H and O–H groups in total. The zero-order valence-electron chi connectivity index (χ0n) is 13.9. The van der Waals surface area contributed by atoms with E-state index in [4.69, 9.17) is 17.2 Å². The van der Waals surface area contributed by atoms with Gasteiger partial charge in [0.1, 0.15) is 0 Å². The maximum Gasteiger partial charge on any atom is 0.0136 e. The van der Waals surface area contributed by atoms with Crippen LogP contribution >= 0.6 is 0 Å². The van der Waals surface area contributed by atoms with Crippen LogP contribution in [0.15, 0.2) is 0 Å². The number of nitrogens with one attached hydrogen (secondary N) is 3. The van der Waals surface area contributed by atoms with E-state index in [0.717, 1.165) is 38.9 Å². The van der Waals surface area contributed by atoms with Crippen molar-refractivity contribution in [3.05, 3.63) is 0 Å². The molecule has 1 aliphatic carbocycles. The van der Waals surface area contributed by atoms with Crippen molar-refractivity contribution in [3.8, 4) is 0 Å². The molecule has 6 heteroatoms. The molecule has 0 aromatic heterocycles. The van der Waals surface area contributed by atoms with Crippen molar-refractivity contribution in [2.24, 2.45) is 17.2 Å². The molecule has 0 heterocycles. The quantitative estimate of drug-likeness (QED) is 0.328. The molecule has 1 saturated carbocycles. The van der Waals surface area contributed by atoms with Crippen LogP contribution in [0.4, 0.5) is 0 Å². The SMILES string of the molecule is C[C@H](N)CNC1CC(NC[C@H](C)N)CC(NC[C@H](C)N)C1. The van der Waals surface area contributed by atoms with E-state index in [1.54, 1.807) is 0 Å². The van der Waals surface area contributed by atoms with E-state index in [0.29, 0.717) is 18.1 Å². The number of hydrogen-bond donors (Lipinski definition) is 6. The molecule has 126 valence electrons. The van der Waals surface area contributed by atoms with Gasteiger partial charge in [-0.25, -0.2) is 0 Å². The van der Waals surface area contributed by atoms with Gasteiger partial charge in [-0.05, 0) is 40.0 Å². The van der Waals surface area contributed by atoms with Gasteiger partial charge in [-0.15, -0.1) is 0 Å². The van der Waals surface area contributed by atoms with Gasteiger partial charge in [0, 0.05) is 55.9 Å². The Morgan fingerprint density at radius 2 is 0.905 bits per heavy atom. The second-order valence-corrected chi connectivity index (χ2v) is 6.95. The van der Waals surface area contributed by atoms with E-state index in [2.05, 4.69) is 16.0 Å². The molecule has 0 aliphatic heterocycles. The first-order valence-corrected chi connectivity index (χ1v) is 8.33. The van der Waals surface area contributed by atoms with Crippen LogP contribution in [0.3, 0.4) is 0 Å². The van der Waals surface area contributed by atoms with Crippen LogP contribution in [0.25, 0.3) is 0 Å². The Morgan fingerprint density at radius 1 is 0.667 bits per heavy atom. The lowest BCUT2D eigenvalue weighted by molar-refractivity contribution is 0.245. The second kappa shape index (κ2) is 9.71. The molecule has 0 amide bonds. The van der Waals surface area contributed by atoms with E-state index in [1.807, 2.05) is 20.8 Å². The molecule has 0 aromatic carbocycles. The normalized spacial score (nSPS) is 30.9. The summed E-state index contributed by atoms with van der Waals surface area (Å²) in [5.74, 6) is 0. The van der Waals surface area contributed by atoms with Gasteiger partial charge < -0.3 is 33.2 Å². The highest BCUT2D eigenvalue weighted by molar-refractivity contribution is 4.91. The van der Waals surface area contributed by atoms with E-state index >= 15 is 0 Å². The Labute approximate surface area is 130 Å². The predicted molar refractivity (Wildman–Crippen MR) is 90.2 cm³/mol. The summed E-state index contributed by atoms with van der Waals surface area (Å²) >= 11 is 0. The average Bonchev–Trinajstić information content (AvgIpc) is 2.40. The highest BCUT2D eigenvalue weighted by Gasteiger charge is 2.28. The van der Waals surface area contributed by atoms with Gasteiger partial charge in [0.25, 0.3) is 0 Å². The Morgan fingerprint density at radius 3 is 1.10 bits per heavy atom. The molecular formula is C15H36N6. The van der Waals surface area contributed by atoms with Crippen molar-refractivity contribution < 1.29 is 0 Å². The van der Waals surface area contributed by atoms with Crippen molar-refractivity contribution in [1.82, 2.24) is 16.0 Å². The van der Waals surface area contributed by atoms with Gasteiger partial charge in [-0.2, -0.15) is 0 Å². The zero-order chi connectivity index (χ0) is 15.8. The third-order valence-corrected chi connectivity index (χ3v) is 3.89. The monoisotopic (exact) mass is 300 g/mol. The van der Waals surface area contributed by atoms with Gasteiger partial charge in [0.05, 0.1) is 0 Å². The zero-order valence-corrected chi connectivity index (χ0v) is 13.9. The van der Waals surface area contributed by atoms with E-state index in [9.17, 15) is 0 Å². The van der Waals surface area contributed by atoms with Gasteiger partial charge >= 0.3 is 0 Å². The van der Waals surface area contributed by atoms with Crippen LogP contribution in [0.1, 0.15) is 40.0 Å². The molecule has 0 spiro atoms. The predicted octanol–water partition coefficient (Wildman–Crippen LogP) is -0.913. The van der Waals surface area contributed by atoms with E-state index in [1.165, 1.54) is 0 Å². The van der Waals surface area contributed by atoms with E-state index in [-0.39, 0.29) is 18.1 Å². The summed E-state index contributed by atoms with van der Waals surface area (Å²) in [6.45, 7) is 8.70. The summed E-state index contributed by atoms with van der Waals surface area (Å²) in [5, 5.41) is 10.8. The van der Waals surface area contributed by atoms with Crippen molar-refractivity contribution in [2.75, 3.05) is 19.6 Å². The van der Waals surface area contributed by atoms with Crippen LogP contribution in [0.5, 0.6) is 0 Å². The van der Waals surface area contributed by atoms with Crippen LogP contribution in [-0.2, 0) is 0 Å². The molecule has 6 nitrogen and oxygen atoms in total. The van der Waals surface area contributed by atoms with Gasteiger partial charge in [-0.3, -0.25) is 0 Å². The lowest BCUT2D eigenvalue weighted by Gasteiger charge is -2.37. The Bertz CT molecular complexity index is 220. The van der Waals surface area contributed by atoms with Crippen LogP contribution < -0.4 is 33.2 Å². The van der Waals surface area contributed by atoms with Crippen molar-refractivity contribution in [2.45, 2.75) is 76.3 Å². The van der Waals surface area contributed by atoms with Crippen LogP contribution in [0.2, 0.25) is 0 Å². The third-order valence-electron chi connectivity index (χ3n) is 3.89. The highest BCUT2D eigenvalue weighted by atomic mass is 15.0. The highest BCUT2D eigenvalue weighted by Crippen LogP contribution is 2.19. The molecule has 0 unspecified atom stereocenters. The molecule has 0 aromatic rings. The maximum atomic E-state index is 5.85. The minimum Gasteiger partial charge on any atom is -0.327 e. The molecule has 0 radical (unpaired) electrons. The fraction of sp³-hybridized carbons (Fsp3) is 1.00. The average molecular weight is 300 g/mol. The summed E-state index contributed by atoms with van der Waals surface area (Å²) in [6, 6.07) is 2.08. The molecular weight excluding hydrogens is 264 g/mol. The van der Waals surface area contributed by atoms with Crippen LogP contribution in [-0.4, -0.2) is 55.9 Å². The number of hydrogen-bond acceptors (Lipinski definition) is 6. The Kier molecular flexibility index (Phi) is 8.70. The molecule has 0 bridgehead atoms. The lowest BCUT2D eigenvalue weighted by Crippen LogP contribution is -2.54. The van der Waals surface area contributed by atoms with Gasteiger partial charge in [0.2, 0.25) is 0 Å².